The lowest BCUT2D eigenvalue weighted by molar-refractivity contribution is -0.283. The van der Waals surface area contributed by atoms with Gasteiger partial charge in [-0.25, -0.2) is 0 Å². The Morgan fingerprint density at radius 3 is 2.81 bits per heavy atom. The van der Waals surface area contributed by atoms with E-state index in [-0.39, 0.29) is 12.2 Å². The molecule has 1 aromatic carbocycles. The van der Waals surface area contributed by atoms with Gasteiger partial charge in [0.05, 0.1) is 12.3 Å². The van der Waals surface area contributed by atoms with Gasteiger partial charge in [-0.1, -0.05) is 35.4 Å². The topological polar surface area (TPSA) is 85.7 Å². The third kappa shape index (κ3) is 2.92. The summed E-state index contributed by atoms with van der Waals surface area (Å²) in [6.07, 6.45) is -0.0368. The second-order valence-corrected chi connectivity index (χ2v) is 4.70. The summed E-state index contributed by atoms with van der Waals surface area (Å²) in [5.74, 6) is 0. The van der Waals surface area contributed by atoms with Crippen LogP contribution in [0.3, 0.4) is 0 Å². The lowest BCUT2D eigenvalue weighted by Crippen LogP contribution is -2.46. The van der Waals surface area contributed by atoms with Crippen molar-refractivity contribution in [3.63, 3.8) is 0 Å². The van der Waals surface area contributed by atoms with Crippen LogP contribution in [0, 0.1) is 0 Å². The maximum absolute atomic E-state index is 8.60. The molecule has 0 bridgehead atoms. The molecule has 1 aromatic rings. The highest BCUT2D eigenvalue weighted by Gasteiger charge is 2.38. The van der Waals surface area contributed by atoms with Gasteiger partial charge in [0.2, 0.25) is 0 Å². The smallest absolute Gasteiger partial charge is 0.186 e. The van der Waals surface area contributed by atoms with E-state index in [1.807, 2.05) is 30.3 Å². The number of ether oxygens (including phenoxy) is 4. The van der Waals surface area contributed by atoms with Crippen LogP contribution in [0.25, 0.3) is 10.4 Å². The summed E-state index contributed by atoms with van der Waals surface area (Å²) in [5, 5.41) is 3.60. The van der Waals surface area contributed by atoms with Crippen molar-refractivity contribution in [3.8, 4) is 0 Å². The van der Waals surface area contributed by atoms with Gasteiger partial charge in [-0.3, -0.25) is 0 Å². The molecule has 1 saturated heterocycles. The predicted octanol–water partition coefficient (Wildman–Crippen LogP) is 2.67. The number of benzene rings is 1. The first kappa shape index (κ1) is 14.1. The van der Waals surface area contributed by atoms with Crippen molar-refractivity contribution in [2.75, 3.05) is 13.7 Å². The average Bonchev–Trinajstić information content (AvgIpc) is 2.55. The molecule has 2 heterocycles. The molecule has 2 aliphatic heterocycles. The average molecular weight is 289 g/mol. The van der Waals surface area contributed by atoms with E-state index in [1.165, 1.54) is 7.11 Å². The molecule has 7 nitrogen and oxygen atoms in total. The van der Waals surface area contributed by atoms with Crippen LogP contribution in [0.15, 0.2) is 47.2 Å². The molecular formula is C14H15N3O4. The first-order valence-corrected chi connectivity index (χ1v) is 6.59. The van der Waals surface area contributed by atoms with Crippen molar-refractivity contribution in [3.05, 3.63) is 58.1 Å². The highest BCUT2D eigenvalue weighted by molar-refractivity contribution is 5.18. The molecule has 2 aliphatic rings. The van der Waals surface area contributed by atoms with Crippen molar-refractivity contribution >= 4 is 0 Å². The summed E-state index contributed by atoms with van der Waals surface area (Å²) in [5.41, 5.74) is 9.90. The van der Waals surface area contributed by atoms with E-state index in [2.05, 4.69) is 10.0 Å². The number of azide groups is 1. The Morgan fingerprint density at radius 1 is 1.29 bits per heavy atom. The molecule has 21 heavy (non-hydrogen) atoms. The van der Waals surface area contributed by atoms with Gasteiger partial charge in [0.15, 0.2) is 12.6 Å². The van der Waals surface area contributed by atoms with Crippen LogP contribution in [0.5, 0.6) is 0 Å². The maximum Gasteiger partial charge on any atom is 0.186 e. The lowest BCUT2D eigenvalue weighted by Gasteiger charge is -2.39. The number of methoxy groups -OCH3 is 1. The minimum absolute atomic E-state index is 0.285. The molecule has 1 fully saturated rings. The largest absolute Gasteiger partial charge is 0.352 e. The highest BCUT2D eigenvalue weighted by atomic mass is 16.7. The quantitative estimate of drug-likeness (QED) is 0.486. The van der Waals surface area contributed by atoms with E-state index in [1.54, 1.807) is 6.08 Å². The first-order chi connectivity index (χ1) is 10.3. The van der Waals surface area contributed by atoms with Crippen LogP contribution in [0.4, 0.5) is 0 Å². The maximum atomic E-state index is 8.60. The van der Waals surface area contributed by atoms with Crippen LogP contribution < -0.4 is 0 Å². The third-order valence-electron chi connectivity index (χ3n) is 3.38. The van der Waals surface area contributed by atoms with Crippen molar-refractivity contribution < 1.29 is 18.9 Å². The van der Waals surface area contributed by atoms with E-state index < -0.39 is 12.6 Å². The second kappa shape index (κ2) is 6.26. The van der Waals surface area contributed by atoms with Gasteiger partial charge in [0.25, 0.3) is 0 Å². The fourth-order valence-electron chi connectivity index (χ4n) is 2.38. The molecule has 0 saturated carbocycles. The monoisotopic (exact) mass is 289 g/mol. The summed E-state index contributed by atoms with van der Waals surface area (Å²) in [7, 11) is 1.49. The highest BCUT2D eigenvalue weighted by Crippen LogP contribution is 2.33. The predicted molar refractivity (Wildman–Crippen MR) is 72.9 cm³/mol. The lowest BCUT2D eigenvalue weighted by atomic mass is 10.1. The fourth-order valence-corrected chi connectivity index (χ4v) is 2.38. The number of fused-ring (bicyclic) bond motifs is 1. The fraction of sp³-hybridized carbons (Fsp3) is 0.429. The van der Waals surface area contributed by atoms with Crippen molar-refractivity contribution in [2.24, 2.45) is 5.11 Å². The summed E-state index contributed by atoms with van der Waals surface area (Å²) >= 11 is 0. The molecule has 0 aliphatic carbocycles. The summed E-state index contributed by atoms with van der Waals surface area (Å²) in [6.45, 7) is 0.379. The molecule has 0 aromatic heterocycles. The Labute approximate surface area is 121 Å². The van der Waals surface area contributed by atoms with Crippen molar-refractivity contribution in [2.45, 2.75) is 24.8 Å². The molecule has 0 unspecified atom stereocenters. The van der Waals surface area contributed by atoms with Gasteiger partial charge in [0.1, 0.15) is 12.2 Å². The van der Waals surface area contributed by atoms with Gasteiger partial charge in [-0.05, 0) is 11.6 Å². The van der Waals surface area contributed by atoms with E-state index in [9.17, 15) is 0 Å². The SMILES string of the molecule is CO[C@H]1O[C@@H]2CO[C@@H](c3ccccc3)O[C@H]2C=C1N=[N+]=[N-]. The van der Waals surface area contributed by atoms with Crippen LogP contribution in [0.2, 0.25) is 0 Å². The number of hydrogen-bond acceptors (Lipinski definition) is 5. The van der Waals surface area contributed by atoms with Crippen LogP contribution in [-0.4, -0.2) is 32.2 Å². The van der Waals surface area contributed by atoms with E-state index in [0.29, 0.717) is 12.3 Å². The van der Waals surface area contributed by atoms with Gasteiger partial charge in [-0.2, -0.15) is 0 Å². The molecule has 0 spiro atoms. The Bertz CT molecular complexity index is 571. The van der Waals surface area contributed by atoms with Crippen molar-refractivity contribution in [1.82, 2.24) is 0 Å². The minimum atomic E-state index is -0.692. The number of rotatable bonds is 3. The van der Waals surface area contributed by atoms with E-state index in [4.69, 9.17) is 24.5 Å². The zero-order chi connectivity index (χ0) is 14.7. The second-order valence-electron chi connectivity index (χ2n) is 4.70. The van der Waals surface area contributed by atoms with Gasteiger partial charge < -0.3 is 18.9 Å². The number of hydrogen-bond donors (Lipinski definition) is 0. The Kier molecular flexibility index (Phi) is 4.19. The Hall–Kier alpha value is -1.89. The zero-order valence-electron chi connectivity index (χ0n) is 11.5. The Balaban J connectivity index is 1.80. The van der Waals surface area contributed by atoms with Gasteiger partial charge >= 0.3 is 0 Å². The molecular weight excluding hydrogens is 274 g/mol. The van der Waals surface area contributed by atoms with Gasteiger partial charge in [-0.15, -0.1) is 0 Å². The Morgan fingerprint density at radius 2 is 2.10 bits per heavy atom. The van der Waals surface area contributed by atoms with Crippen LogP contribution in [-0.2, 0) is 18.9 Å². The first-order valence-electron chi connectivity index (χ1n) is 6.59. The molecule has 0 radical (unpaired) electrons. The van der Waals surface area contributed by atoms with Crippen LogP contribution >= 0.6 is 0 Å². The summed E-state index contributed by atoms with van der Waals surface area (Å²) in [4.78, 5) is 2.78. The molecule has 3 rings (SSSR count). The third-order valence-corrected chi connectivity index (χ3v) is 3.38. The van der Waals surface area contributed by atoms with E-state index in [0.717, 1.165) is 5.56 Å². The van der Waals surface area contributed by atoms with Crippen molar-refractivity contribution in [1.29, 1.82) is 0 Å². The number of nitrogens with zero attached hydrogens (tertiary/aromatic N) is 3. The standard InChI is InChI=1S/C14H15N3O4/c1-18-14-10(16-17-15)7-11-12(21-14)8-19-13(20-11)9-5-3-2-4-6-9/h2-7,11-14H,8H2,1H3/t11-,12+,13+,14-/m0/s1. The van der Waals surface area contributed by atoms with Gasteiger partial charge in [0, 0.05) is 17.6 Å². The van der Waals surface area contributed by atoms with Crippen LogP contribution in [0.1, 0.15) is 11.9 Å². The normalized spacial score (nSPS) is 31.8. The molecule has 0 amide bonds. The molecule has 0 N–H and O–H groups in total. The molecule has 4 atom stereocenters. The zero-order valence-corrected chi connectivity index (χ0v) is 11.5. The summed E-state index contributed by atoms with van der Waals surface area (Å²) in [6, 6.07) is 9.65. The minimum Gasteiger partial charge on any atom is -0.352 e. The molecule has 110 valence electrons. The molecule has 7 heteroatoms. The van der Waals surface area contributed by atoms with E-state index >= 15 is 0 Å². The summed E-state index contributed by atoms with van der Waals surface area (Å²) < 4.78 is 22.4.